The van der Waals surface area contributed by atoms with Crippen molar-refractivity contribution >= 4 is 40.4 Å². The second-order valence-electron chi connectivity index (χ2n) is 7.46. The number of esters is 3. The highest BCUT2D eigenvalue weighted by atomic mass is 16.5. The van der Waals surface area contributed by atoms with Crippen LogP contribution in [0.25, 0.3) is 22.4 Å². The number of anilines is 1. The van der Waals surface area contributed by atoms with Gasteiger partial charge in [-0.05, 0) is 42.5 Å². The number of hydrogen-bond donors (Lipinski definition) is 1. The Morgan fingerprint density at radius 2 is 1.56 bits per heavy atom. The second-order valence-corrected chi connectivity index (χ2v) is 7.46. The van der Waals surface area contributed by atoms with Crippen LogP contribution >= 0.6 is 0 Å². The molecule has 0 radical (unpaired) electrons. The number of para-hydroxylation sites is 1. The summed E-state index contributed by atoms with van der Waals surface area (Å²) >= 11 is 0. The van der Waals surface area contributed by atoms with Crippen molar-refractivity contribution in [3.63, 3.8) is 0 Å². The molecule has 0 bridgehead atoms. The van der Waals surface area contributed by atoms with Gasteiger partial charge in [-0.1, -0.05) is 18.2 Å². The van der Waals surface area contributed by atoms with E-state index in [2.05, 4.69) is 19.8 Å². The molecule has 1 N–H and O–H groups in total. The summed E-state index contributed by atoms with van der Waals surface area (Å²) in [5.74, 6) is -2.38. The molecule has 0 aliphatic heterocycles. The fourth-order valence-electron chi connectivity index (χ4n) is 3.47. The van der Waals surface area contributed by atoms with Crippen LogP contribution in [0.15, 0.2) is 71.3 Å². The number of nitrogens with zero attached hydrogens (tertiary/aromatic N) is 1. The smallest absolute Gasteiger partial charge is 0.339 e. The zero-order valence-corrected chi connectivity index (χ0v) is 19.3. The number of pyridine rings is 1. The van der Waals surface area contributed by atoms with E-state index in [4.69, 9.17) is 9.15 Å². The SMILES string of the molecule is COC(=O)c1cc(NC(=O)COC(=O)c2cc(-c3ccco3)nc3ccccc23)cc(C(=O)OC)c1. The predicted molar refractivity (Wildman–Crippen MR) is 127 cm³/mol. The number of methoxy groups -OCH3 is 2. The van der Waals surface area contributed by atoms with Gasteiger partial charge >= 0.3 is 17.9 Å². The summed E-state index contributed by atoms with van der Waals surface area (Å²) in [5.41, 5.74) is 1.37. The Morgan fingerprint density at radius 1 is 0.861 bits per heavy atom. The van der Waals surface area contributed by atoms with Crippen LogP contribution in [0.1, 0.15) is 31.1 Å². The van der Waals surface area contributed by atoms with E-state index in [1.165, 1.54) is 44.7 Å². The van der Waals surface area contributed by atoms with E-state index >= 15 is 0 Å². The van der Waals surface area contributed by atoms with Crippen LogP contribution in [-0.4, -0.2) is 49.6 Å². The number of fused-ring (bicyclic) bond motifs is 1. The number of ether oxygens (including phenoxy) is 3. The molecule has 1 amide bonds. The summed E-state index contributed by atoms with van der Waals surface area (Å²) in [5, 5.41) is 3.05. The molecule has 10 heteroatoms. The largest absolute Gasteiger partial charge is 0.465 e. The van der Waals surface area contributed by atoms with Crippen LogP contribution in [0.2, 0.25) is 0 Å². The van der Waals surface area contributed by atoms with Crippen LogP contribution in [0.4, 0.5) is 5.69 Å². The summed E-state index contributed by atoms with van der Waals surface area (Å²) in [6, 6.07) is 15.9. The lowest BCUT2D eigenvalue weighted by atomic mass is 10.1. The first-order chi connectivity index (χ1) is 17.4. The lowest BCUT2D eigenvalue weighted by Crippen LogP contribution is -2.21. The first kappa shape index (κ1) is 24.1. The number of amides is 1. The Balaban J connectivity index is 1.52. The Kier molecular flexibility index (Phi) is 7.05. The topological polar surface area (TPSA) is 134 Å². The van der Waals surface area contributed by atoms with E-state index in [0.717, 1.165) is 0 Å². The standard InChI is InChI=1S/C26H20N2O8/c1-33-24(30)15-10-16(25(31)34-2)12-17(11-15)27-23(29)14-36-26(32)19-13-21(22-8-5-9-35-22)28-20-7-4-3-6-18(19)20/h3-13H,14H2,1-2H3,(H,27,29). The molecule has 0 aliphatic carbocycles. The third-order valence-electron chi connectivity index (χ3n) is 5.10. The van der Waals surface area contributed by atoms with Crippen LogP contribution < -0.4 is 5.32 Å². The molecule has 0 unspecified atom stereocenters. The van der Waals surface area contributed by atoms with Crippen LogP contribution in [0.3, 0.4) is 0 Å². The molecular weight excluding hydrogens is 468 g/mol. The van der Waals surface area contributed by atoms with Gasteiger partial charge in [0.25, 0.3) is 5.91 Å². The number of carbonyl (C=O) groups is 4. The van der Waals surface area contributed by atoms with Gasteiger partial charge in [-0.15, -0.1) is 0 Å². The molecule has 0 atom stereocenters. The third-order valence-corrected chi connectivity index (χ3v) is 5.10. The summed E-state index contributed by atoms with van der Waals surface area (Å²) < 4.78 is 20.0. The maximum atomic E-state index is 12.9. The highest BCUT2D eigenvalue weighted by Gasteiger charge is 2.19. The minimum absolute atomic E-state index is 0.0291. The maximum Gasteiger partial charge on any atom is 0.339 e. The highest BCUT2D eigenvalue weighted by Crippen LogP contribution is 2.26. The molecule has 2 aromatic carbocycles. The summed E-state index contributed by atoms with van der Waals surface area (Å²) in [7, 11) is 2.37. The Labute approximate surface area is 204 Å². The zero-order chi connectivity index (χ0) is 25.7. The van der Waals surface area contributed by atoms with Gasteiger partial charge in [0.05, 0.1) is 42.7 Å². The Hall–Kier alpha value is -4.99. The average Bonchev–Trinajstić information content (AvgIpc) is 3.45. The molecule has 0 aliphatic rings. The molecule has 0 saturated carbocycles. The second kappa shape index (κ2) is 10.5. The van der Waals surface area contributed by atoms with Crippen LogP contribution in [-0.2, 0) is 19.0 Å². The molecule has 2 heterocycles. The molecule has 0 fully saturated rings. The Bertz CT molecular complexity index is 1430. The van der Waals surface area contributed by atoms with Crippen molar-refractivity contribution in [1.29, 1.82) is 0 Å². The number of nitrogens with one attached hydrogen (secondary N) is 1. The number of hydrogen-bond acceptors (Lipinski definition) is 9. The van der Waals surface area contributed by atoms with Crippen molar-refractivity contribution in [2.75, 3.05) is 26.1 Å². The summed E-state index contributed by atoms with van der Waals surface area (Å²) in [4.78, 5) is 53.8. The highest BCUT2D eigenvalue weighted by molar-refractivity contribution is 6.05. The molecule has 2 aromatic heterocycles. The first-order valence-electron chi connectivity index (χ1n) is 10.6. The maximum absolute atomic E-state index is 12.9. The molecule has 4 aromatic rings. The van der Waals surface area contributed by atoms with Crippen LogP contribution in [0, 0.1) is 0 Å². The van der Waals surface area contributed by atoms with Gasteiger partial charge in [-0.25, -0.2) is 19.4 Å². The monoisotopic (exact) mass is 488 g/mol. The van der Waals surface area contributed by atoms with Gasteiger partial charge in [0.2, 0.25) is 0 Å². The van der Waals surface area contributed by atoms with Gasteiger partial charge in [-0.2, -0.15) is 0 Å². The molecule has 182 valence electrons. The Morgan fingerprint density at radius 3 is 2.19 bits per heavy atom. The van der Waals surface area contributed by atoms with Gasteiger partial charge < -0.3 is 23.9 Å². The summed E-state index contributed by atoms with van der Waals surface area (Å²) in [6.45, 7) is -0.623. The van der Waals surface area contributed by atoms with E-state index in [0.29, 0.717) is 22.4 Å². The quantitative estimate of drug-likeness (QED) is 0.304. The number of benzene rings is 2. The number of furan rings is 1. The zero-order valence-electron chi connectivity index (χ0n) is 19.3. The van der Waals surface area contributed by atoms with Crippen molar-refractivity contribution < 1.29 is 37.8 Å². The fraction of sp³-hybridized carbons (Fsp3) is 0.115. The van der Waals surface area contributed by atoms with Crippen LogP contribution in [0.5, 0.6) is 0 Å². The van der Waals surface area contributed by atoms with Crippen molar-refractivity contribution in [2.45, 2.75) is 0 Å². The normalized spacial score (nSPS) is 10.5. The minimum Gasteiger partial charge on any atom is -0.465 e. The molecule has 0 saturated heterocycles. The van der Waals surface area contributed by atoms with E-state index < -0.39 is 30.4 Å². The minimum atomic E-state index is -0.741. The van der Waals surface area contributed by atoms with Crippen molar-refractivity contribution in [3.05, 3.63) is 83.6 Å². The van der Waals surface area contributed by atoms with Gasteiger partial charge in [0, 0.05) is 11.1 Å². The number of rotatable bonds is 7. The van der Waals surface area contributed by atoms with Gasteiger partial charge in [-0.3, -0.25) is 4.79 Å². The molecular formula is C26H20N2O8. The van der Waals surface area contributed by atoms with E-state index in [-0.39, 0.29) is 22.4 Å². The predicted octanol–water partition coefficient (Wildman–Crippen LogP) is 3.86. The number of carbonyl (C=O) groups excluding carboxylic acids is 4. The summed E-state index contributed by atoms with van der Waals surface area (Å²) in [6.07, 6.45) is 1.50. The van der Waals surface area contributed by atoms with E-state index in [1.54, 1.807) is 36.4 Å². The number of aromatic nitrogens is 1. The van der Waals surface area contributed by atoms with Crippen molar-refractivity contribution in [3.8, 4) is 11.5 Å². The van der Waals surface area contributed by atoms with Gasteiger partial charge in [0.1, 0.15) is 5.69 Å². The fourth-order valence-corrected chi connectivity index (χ4v) is 3.47. The lowest BCUT2D eigenvalue weighted by molar-refractivity contribution is -0.119. The lowest BCUT2D eigenvalue weighted by Gasteiger charge is -2.11. The van der Waals surface area contributed by atoms with E-state index in [1.807, 2.05) is 0 Å². The average molecular weight is 488 g/mol. The van der Waals surface area contributed by atoms with Gasteiger partial charge in [0.15, 0.2) is 12.4 Å². The third kappa shape index (κ3) is 5.22. The van der Waals surface area contributed by atoms with E-state index in [9.17, 15) is 19.2 Å². The molecule has 10 nitrogen and oxygen atoms in total. The van der Waals surface area contributed by atoms with Crippen molar-refractivity contribution in [2.24, 2.45) is 0 Å². The molecule has 0 spiro atoms. The molecule has 36 heavy (non-hydrogen) atoms. The van der Waals surface area contributed by atoms with Crippen molar-refractivity contribution in [1.82, 2.24) is 4.98 Å². The first-order valence-corrected chi connectivity index (χ1v) is 10.6. The molecule has 4 rings (SSSR count).